The van der Waals surface area contributed by atoms with Crippen LogP contribution in [0.2, 0.25) is 0 Å². The third kappa shape index (κ3) is 7.13. The van der Waals surface area contributed by atoms with E-state index >= 15 is 0 Å². The number of anilines is 1. The molecule has 1 N–H and O–H groups in total. The molecule has 3 aliphatic rings. The van der Waals surface area contributed by atoms with E-state index in [1.54, 1.807) is 4.90 Å². The molecule has 43 heavy (non-hydrogen) atoms. The van der Waals surface area contributed by atoms with Gasteiger partial charge in [0.1, 0.15) is 6.54 Å². The number of aliphatic carboxylic acids is 1. The van der Waals surface area contributed by atoms with Gasteiger partial charge >= 0.3 is 5.97 Å². The normalized spacial score (nSPS) is 21.9. The maximum Gasteiger partial charge on any atom is 0.308 e. The summed E-state index contributed by atoms with van der Waals surface area (Å²) in [5.41, 5.74) is 2.84. The van der Waals surface area contributed by atoms with Crippen LogP contribution in [0.1, 0.15) is 49.7 Å². The average Bonchev–Trinajstić information content (AvgIpc) is 3.67. The summed E-state index contributed by atoms with van der Waals surface area (Å²) in [6.45, 7) is 5.01. The largest absolute Gasteiger partial charge is 0.481 e. The van der Waals surface area contributed by atoms with E-state index in [2.05, 4.69) is 40.2 Å². The molecule has 0 aromatic heterocycles. The fraction of sp³-hybridized carbons (Fsp3) is 0.545. The first-order chi connectivity index (χ1) is 20.5. The maximum atomic E-state index is 14.1. The molecule has 3 heterocycles. The van der Waals surface area contributed by atoms with Crippen LogP contribution >= 0.6 is 0 Å². The minimum Gasteiger partial charge on any atom is -0.481 e. The van der Waals surface area contributed by atoms with E-state index in [0.717, 1.165) is 47.1 Å². The number of carboxylic acid groups (broad SMARTS) is 1. The molecule has 10 heteroatoms. The van der Waals surface area contributed by atoms with Crippen molar-refractivity contribution in [3.05, 3.63) is 53.6 Å². The van der Waals surface area contributed by atoms with Crippen molar-refractivity contribution in [1.82, 2.24) is 9.80 Å². The molecule has 0 radical (unpaired) electrons. The number of fused-ring (bicyclic) bond motifs is 1. The number of likely N-dealkylation sites (tertiary alicyclic amines) is 2. The van der Waals surface area contributed by atoms with Crippen LogP contribution in [0.3, 0.4) is 0 Å². The molecule has 0 bridgehead atoms. The van der Waals surface area contributed by atoms with Crippen LogP contribution in [-0.4, -0.2) is 104 Å². The van der Waals surface area contributed by atoms with Crippen molar-refractivity contribution in [2.75, 3.05) is 65.6 Å². The van der Waals surface area contributed by atoms with Gasteiger partial charge in [0, 0.05) is 55.8 Å². The number of hydrogen-bond acceptors (Lipinski definition) is 6. The number of carbonyl (C=O) groups excluding carboxylic acids is 2. The first-order valence-corrected chi connectivity index (χ1v) is 15.4. The zero-order valence-electron chi connectivity index (χ0n) is 25.8. The standard InChI is InChI=1S/C33H44N4O6/c1-5-6-15-36(25-10-7-9-23(16-25)21-37(2,3)4)31(39)20-35-18-26(24-12-13-28-29(17-24)43-22-42-28)32(33(40)41)27(35)19-34-14-8-11-30(34)38/h7,9-10,12-13,16-17,26-27,32H,5-6,8,11,14-15,18-22H2,1-4H3/p+1/t26-,27+,32-/m1/s1. The van der Waals surface area contributed by atoms with Gasteiger partial charge in [-0.1, -0.05) is 31.5 Å². The first kappa shape index (κ1) is 30.8. The number of rotatable bonds is 12. The number of ether oxygens (including phenoxy) is 2. The number of amides is 2. The van der Waals surface area contributed by atoms with E-state index in [0.29, 0.717) is 37.6 Å². The van der Waals surface area contributed by atoms with Gasteiger partial charge < -0.3 is 28.9 Å². The van der Waals surface area contributed by atoms with Crippen LogP contribution in [0.15, 0.2) is 42.5 Å². The Hall–Kier alpha value is -3.63. The molecule has 0 unspecified atom stereocenters. The number of nitrogens with zero attached hydrogens (tertiary/aromatic N) is 4. The molecule has 0 aliphatic carbocycles. The molecule has 10 nitrogen and oxygen atoms in total. The van der Waals surface area contributed by atoms with Gasteiger partial charge in [-0.2, -0.15) is 0 Å². The third-order valence-electron chi connectivity index (χ3n) is 8.69. The van der Waals surface area contributed by atoms with Crippen molar-refractivity contribution >= 4 is 23.5 Å². The highest BCUT2D eigenvalue weighted by Crippen LogP contribution is 2.42. The van der Waals surface area contributed by atoms with E-state index in [4.69, 9.17) is 9.47 Å². The van der Waals surface area contributed by atoms with Crippen molar-refractivity contribution in [2.45, 2.75) is 51.1 Å². The lowest BCUT2D eigenvalue weighted by Crippen LogP contribution is -2.49. The number of benzene rings is 2. The second kappa shape index (κ2) is 12.9. The quantitative estimate of drug-likeness (QED) is 0.376. The lowest BCUT2D eigenvalue weighted by molar-refractivity contribution is -0.884. The number of unbranched alkanes of at least 4 members (excludes halogenated alkanes) is 1. The molecule has 2 aromatic rings. The summed E-state index contributed by atoms with van der Waals surface area (Å²) in [6.07, 6.45) is 3.04. The summed E-state index contributed by atoms with van der Waals surface area (Å²) < 4.78 is 11.8. The monoisotopic (exact) mass is 593 g/mol. The SMILES string of the molecule is CCCCN(C(=O)CN1C[C@H](c2ccc3c(c2)OCO3)[C@@H](C(=O)O)[C@@H]1CN1CCCC1=O)c1cccc(C[N+](C)(C)C)c1. The number of quaternary nitrogens is 1. The van der Waals surface area contributed by atoms with Crippen LogP contribution < -0.4 is 14.4 Å². The van der Waals surface area contributed by atoms with Crippen LogP contribution in [0.5, 0.6) is 11.5 Å². The highest BCUT2D eigenvalue weighted by Gasteiger charge is 2.48. The van der Waals surface area contributed by atoms with Gasteiger partial charge in [-0.05, 0) is 42.7 Å². The van der Waals surface area contributed by atoms with Gasteiger partial charge in [0.25, 0.3) is 0 Å². The summed E-state index contributed by atoms with van der Waals surface area (Å²) in [5.74, 6) is -0.881. The molecule has 2 saturated heterocycles. The molecule has 2 fully saturated rings. The van der Waals surface area contributed by atoms with E-state index < -0.39 is 17.9 Å². The van der Waals surface area contributed by atoms with Gasteiger partial charge in [0.2, 0.25) is 18.6 Å². The van der Waals surface area contributed by atoms with Crippen molar-refractivity contribution < 1.29 is 33.4 Å². The predicted molar refractivity (Wildman–Crippen MR) is 163 cm³/mol. The Morgan fingerprint density at radius 2 is 1.88 bits per heavy atom. The third-order valence-corrected chi connectivity index (χ3v) is 8.69. The van der Waals surface area contributed by atoms with Crippen molar-refractivity contribution in [1.29, 1.82) is 0 Å². The highest BCUT2D eigenvalue weighted by atomic mass is 16.7. The Morgan fingerprint density at radius 3 is 2.58 bits per heavy atom. The Balaban J connectivity index is 1.44. The van der Waals surface area contributed by atoms with Gasteiger partial charge in [-0.3, -0.25) is 19.3 Å². The predicted octanol–water partition coefficient (Wildman–Crippen LogP) is 3.55. The summed E-state index contributed by atoms with van der Waals surface area (Å²) >= 11 is 0. The second-order valence-corrected chi connectivity index (χ2v) is 13.0. The Morgan fingerprint density at radius 1 is 1.09 bits per heavy atom. The van der Waals surface area contributed by atoms with Gasteiger partial charge in [-0.25, -0.2) is 0 Å². The van der Waals surface area contributed by atoms with E-state index in [9.17, 15) is 19.5 Å². The van der Waals surface area contributed by atoms with Crippen molar-refractivity contribution in [3.8, 4) is 11.5 Å². The minimum absolute atomic E-state index is 0.0422. The molecular formula is C33H45N4O6+. The second-order valence-electron chi connectivity index (χ2n) is 13.0. The maximum absolute atomic E-state index is 14.1. The minimum atomic E-state index is -0.926. The number of carboxylic acids is 1. The van der Waals surface area contributed by atoms with E-state index in [-0.39, 0.29) is 37.6 Å². The molecule has 232 valence electrons. The van der Waals surface area contributed by atoms with Gasteiger partial charge in [0.15, 0.2) is 11.5 Å². The lowest BCUT2D eigenvalue weighted by atomic mass is 9.85. The number of carbonyl (C=O) groups is 3. The zero-order valence-corrected chi connectivity index (χ0v) is 25.8. The van der Waals surface area contributed by atoms with Gasteiger partial charge in [-0.15, -0.1) is 0 Å². The van der Waals surface area contributed by atoms with Crippen LogP contribution in [0.25, 0.3) is 0 Å². The van der Waals surface area contributed by atoms with E-state index in [1.807, 2.05) is 40.1 Å². The molecule has 3 atom stereocenters. The fourth-order valence-electron chi connectivity index (χ4n) is 6.67. The van der Waals surface area contributed by atoms with Crippen LogP contribution in [0.4, 0.5) is 5.69 Å². The Kier molecular flexibility index (Phi) is 9.27. The van der Waals surface area contributed by atoms with Crippen LogP contribution in [-0.2, 0) is 20.9 Å². The Bertz CT molecular complexity index is 1340. The number of hydrogen-bond donors (Lipinski definition) is 1. The van der Waals surface area contributed by atoms with E-state index in [1.165, 1.54) is 0 Å². The zero-order chi connectivity index (χ0) is 30.7. The molecule has 0 spiro atoms. The van der Waals surface area contributed by atoms with Crippen molar-refractivity contribution in [2.24, 2.45) is 5.92 Å². The topological polar surface area (TPSA) is 99.6 Å². The summed E-state index contributed by atoms with van der Waals surface area (Å²) in [4.78, 5) is 45.3. The van der Waals surface area contributed by atoms with Crippen LogP contribution in [0, 0.1) is 5.92 Å². The van der Waals surface area contributed by atoms with Crippen molar-refractivity contribution in [3.63, 3.8) is 0 Å². The molecule has 0 saturated carbocycles. The molecule has 3 aliphatic heterocycles. The molecular weight excluding hydrogens is 548 g/mol. The summed E-state index contributed by atoms with van der Waals surface area (Å²) in [6, 6.07) is 13.2. The summed E-state index contributed by atoms with van der Waals surface area (Å²) in [5, 5.41) is 10.5. The highest BCUT2D eigenvalue weighted by molar-refractivity contribution is 5.95. The Labute approximate surface area is 254 Å². The molecule has 2 amide bonds. The molecule has 5 rings (SSSR count). The fourth-order valence-corrected chi connectivity index (χ4v) is 6.67. The summed E-state index contributed by atoms with van der Waals surface area (Å²) in [7, 11) is 6.42. The average molecular weight is 594 g/mol. The lowest BCUT2D eigenvalue weighted by Gasteiger charge is -2.32. The van der Waals surface area contributed by atoms with Gasteiger partial charge in [0.05, 0.1) is 33.6 Å². The smallest absolute Gasteiger partial charge is 0.308 e. The molecule has 2 aromatic carbocycles. The first-order valence-electron chi connectivity index (χ1n) is 15.4.